The number of carbonyl (C=O) groups excluding carboxylic acids is 2. The van der Waals surface area contributed by atoms with Crippen molar-refractivity contribution >= 4 is 28.2 Å². The molecule has 0 aliphatic carbocycles. The maximum Gasteiger partial charge on any atom is 0.341 e. The van der Waals surface area contributed by atoms with E-state index in [2.05, 4.69) is 5.32 Å². The van der Waals surface area contributed by atoms with E-state index in [4.69, 9.17) is 4.74 Å². The molecule has 0 saturated heterocycles. The lowest BCUT2D eigenvalue weighted by atomic mass is 9.99. The van der Waals surface area contributed by atoms with Gasteiger partial charge in [0.15, 0.2) is 0 Å². The monoisotopic (exact) mass is 393 g/mol. The Kier molecular flexibility index (Phi) is 5.95. The molecule has 144 valence electrons. The molecule has 0 aliphatic heterocycles. The topological polar surface area (TPSA) is 55.4 Å². The predicted molar refractivity (Wildman–Crippen MR) is 114 cm³/mol. The highest BCUT2D eigenvalue weighted by atomic mass is 32.1. The Bertz CT molecular complexity index is 1040. The van der Waals surface area contributed by atoms with Crippen molar-refractivity contribution in [3.05, 3.63) is 75.7 Å². The summed E-state index contributed by atoms with van der Waals surface area (Å²) in [5, 5.41) is 5.28. The molecule has 1 aromatic heterocycles. The van der Waals surface area contributed by atoms with Gasteiger partial charge >= 0.3 is 5.97 Å². The lowest BCUT2D eigenvalue weighted by molar-refractivity contribution is 0.0529. The number of amides is 1. The van der Waals surface area contributed by atoms with Crippen molar-refractivity contribution in [2.24, 2.45) is 0 Å². The second-order valence-corrected chi connectivity index (χ2v) is 7.58. The number of rotatable bonds is 5. The average Bonchev–Trinajstić information content (AvgIpc) is 3.07. The number of ether oxygens (including phenoxy) is 1. The SMILES string of the molecule is CCOC(=O)c1c(-c2ccc(C)c(C)c2)csc1NC(=O)c1cccc(C)c1. The van der Waals surface area contributed by atoms with Crippen molar-refractivity contribution in [2.45, 2.75) is 27.7 Å². The van der Waals surface area contributed by atoms with E-state index in [0.717, 1.165) is 22.3 Å². The lowest BCUT2D eigenvalue weighted by Gasteiger charge is -2.10. The highest BCUT2D eigenvalue weighted by Gasteiger charge is 2.23. The molecule has 28 heavy (non-hydrogen) atoms. The quantitative estimate of drug-likeness (QED) is 0.560. The van der Waals surface area contributed by atoms with E-state index in [1.807, 2.05) is 62.5 Å². The second kappa shape index (κ2) is 8.40. The minimum absolute atomic E-state index is 0.247. The van der Waals surface area contributed by atoms with E-state index in [1.54, 1.807) is 13.0 Å². The second-order valence-electron chi connectivity index (χ2n) is 6.70. The van der Waals surface area contributed by atoms with Gasteiger partial charge in [0.2, 0.25) is 0 Å². The summed E-state index contributed by atoms with van der Waals surface area (Å²) in [5.41, 5.74) is 5.98. The molecule has 0 spiro atoms. The van der Waals surface area contributed by atoms with Crippen molar-refractivity contribution in [1.82, 2.24) is 0 Å². The first-order valence-corrected chi connectivity index (χ1v) is 10.0. The van der Waals surface area contributed by atoms with Crippen LogP contribution in [0.25, 0.3) is 11.1 Å². The number of nitrogens with one attached hydrogen (secondary N) is 1. The minimum atomic E-state index is -0.434. The van der Waals surface area contributed by atoms with Crippen LogP contribution in [0, 0.1) is 20.8 Å². The van der Waals surface area contributed by atoms with Crippen LogP contribution < -0.4 is 5.32 Å². The number of hydrogen-bond acceptors (Lipinski definition) is 4. The summed E-state index contributed by atoms with van der Waals surface area (Å²) in [4.78, 5) is 25.4. The van der Waals surface area contributed by atoms with Gasteiger partial charge in [-0.1, -0.05) is 35.9 Å². The first-order valence-electron chi connectivity index (χ1n) is 9.15. The smallest absolute Gasteiger partial charge is 0.341 e. The van der Waals surface area contributed by atoms with E-state index in [-0.39, 0.29) is 12.5 Å². The minimum Gasteiger partial charge on any atom is -0.462 e. The highest BCUT2D eigenvalue weighted by Crippen LogP contribution is 2.37. The molecule has 0 aliphatic rings. The van der Waals surface area contributed by atoms with Gasteiger partial charge in [-0.2, -0.15) is 0 Å². The van der Waals surface area contributed by atoms with Gasteiger partial charge in [0.05, 0.1) is 6.61 Å². The van der Waals surface area contributed by atoms with E-state index in [1.165, 1.54) is 16.9 Å². The van der Waals surface area contributed by atoms with Crippen molar-refractivity contribution < 1.29 is 14.3 Å². The Morgan fingerprint density at radius 1 is 1.04 bits per heavy atom. The average molecular weight is 394 g/mol. The Labute approximate surface area is 169 Å². The van der Waals surface area contributed by atoms with Crippen LogP contribution in [-0.4, -0.2) is 18.5 Å². The third-order valence-corrected chi connectivity index (χ3v) is 5.49. The lowest BCUT2D eigenvalue weighted by Crippen LogP contribution is -2.15. The number of hydrogen-bond donors (Lipinski definition) is 1. The number of anilines is 1. The summed E-state index contributed by atoms with van der Waals surface area (Å²) in [6.45, 7) is 8.06. The van der Waals surface area contributed by atoms with Crippen molar-refractivity contribution in [3.8, 4) is 11.1 Å². The third-order valence-electron chi connectivity index (χ3n) is 4.60. The molecule has 0 saturated carbocycles. The van der Waals surface area contributed by atoms with Crippen LogP contribution in [0.3, 0.4) is 0 Å². The third kappa shape index (κ3) is 4.15. The highest BCUT2D eigenvalue weighted by molar-refractivity contribution is 7.15. The fourth-order valence-electron chi connectivity index (χ4n) is 2.94. The Balaban J connectivity index is 2.01. The molecular formula is C23H23NO3S. The van der Waals surface area contributed by atoms with Crippen LogP contribution in [0.4, 0.5) is 5.00 Å². The van der Waals surface area contributed by atoms with Gasteiger partial charge < -0.3 is 10.1 Å². The number of aryl methyl sites for hydroxylation is 3. The largest absolute Gasteiger partial charge is 0.462 e. The summed E-state index contributed by atoms with van der Waals surface area (Å²) in [5.74, 6) is -0.681. The van der Waals surface area contributed by atoms with Crippen molar-refractivity contribution in [3.63, 3.8) is 0 Å². The molecule has 3 aromatic rings. The summed E-state index contributed by atoms with van der Waals surface area (Å²) < 4.78 is 5.27. The Hall–Kier alpha value is -2.92. The summed E-state index contributed by atoms with van der Waals surface area (Å²) >= 11 is 1.33. The molecule has 1 heterocycles. The molecule has 0 unspecified atom stereocenters. The fraction of sp³-hybridized carbons (Fsp3) is 0.217. The molecular weight excluding hydrogens is 370 g/mol. The Morgan fingerprint density at radius 2 is 1.82 bits per heavy atom. The van der Waals surface area contributed by atoms with E-state index < -0.39 is 5.97 Å². The molecule has 0 atom stereocenters. The molecule has 0 fully saturated rings. The van der Waals surface area contributed by atoms with Crippen LogP contribution in [0.15, 0.2) is 47.8 Å². The zero-order valence-corrected chi connectivity index (χ0v) is 17.3. The van der Waals surface area contributed by atoms with Gasteiger partial charge in [-0.05, 0) is 56.5 Å². The van der Waals surface area contributed by atoms with Gasteiger partial charge in [0.25, 0.3) is 5.91 Å². The number of carbonyl (C=O) groups is 2. The van der Waals surface area contributed by atoms with E-state index in [9.17, 15) is 9.59 Å². The maximum atomic E-state index is 12.7. The number of esters is 1. The number of benzene rings is 2. The van der Waals surface area contributed by atoms with Crippen LogP contribution in [-0.2, 0) is 4.74 Å². The molecule has 3 rings (SSSR count). The summed E-state index contributed by atoms with van der Waals surface area (Å²) in [6.07, 6.45) is 0. The van der Waals surface area contributed by atoms with Gasteiger partial charge in [0, 0.05) is 16.5 Å². The van der Waals surface area contributed by atoms with Gasteiger partial charge in [-0.3, -0.25) is 4.79 Å². The molecule has 0 bridgehead atoms. The molecule has 2 aromatic carbocycles. The van der Waals surface area contributed by atoms with Crippen LogP contribution in [0.1, 0.15) is 44.3 Å². The van der Waals surface area contributed by atoms with Crippen molar-refractivity contribution in [1.29, 1.82) is 0 Å². The standard InChI is InChI=1S/C23H23NO3S/c1-5-27-23(26)20-19(17-10-9-15(3)16(4)12-17)13-28-22(20)24-21(25)18-8-6-7-14(2)11-18/h6-13H,5H2,1-4H3,(H,24,25). The Morgan fingerprint density at radius 3 is 2.50 bits per heavy atom. The van der Waals surface area contributed by atoms with Crippen LogP contribution in [0.5, 0.6) is 0 Å². The van der Waals surface area contributed by atoms with Gasteiger partial charge in [-0.15, -0.1) is 11.3 Å². The molecule has 5 heteroatoms. The van der Waals surface area contributed by atoms with Gasteiger partial charge in [0.1, 0.15) is 10.6 Å². The molecule has 0 radical (unpaired) electrons. The number of thiophene rings is 1. The summed E-state index contributed by atoms with van der Waals surface area (Å²) in [7, 11) is 0. The summed E-state index contributed by atoms with van der Waals surface area (Å²) in [6, 6.07) is 13.4. The zero-order valence-electron chi connectivity index (χ0n) is 16.5. The normalized spacial score (nSPS) is 10.6. The molecule has 1 amide bonds. The van der Waals surface area contributed by atoms with Crippen molar-refractivity contribution in [2.75, 3.05) is 11.9 Å². The molecule has 4 nitrogen and oxygen atoms in total. The van der Waals surface area contributed by atoms with Crippen LogP contribution >= 0.6 is 11.3 Å². The zero-order chi connectivity index (χ0) is 20.3. The fourth-order valence-corrected chi connectivity index (χ4v) is 3.89. The first kappa shape index (κ1) is 19.8. The first-order chi connectivity index (χ1) is 13.4. The van der Waals surface area contributed by atoms with Crippen LogP contribution in [0.2, 0.25) is 0 Å². The van der Waals surface area contributed by atoms with E-state index >= 15 is 0 Å². The van der Waals surface area contributed by atoms with Gasteiger partial charge in [-0.25, -0.2) is 4.79 Å². The predicted octanol–water partition coefficient (Wildman–Crippen LogP) is 5.77. The molecule has 1 N–H and O–H groups in total. The van der Waals surface area contributed by atoms with E-state index in [0.29, 0.717) is 16.1 Å². The maximum absolute atomic E-state index is 12.7.